The number of aryl methyl sites for hydroxylation is 1. The van der Waals surface area contributed by atoms with Gasteiger partial charge in [-0.05, 0) is 42.2 Å². The van der Waals surface area contributed by atoms with Crippen LogP contribution in [0.15, 0.2) is 36.4 Å². The Balaban J connectivity index is 2.06. The molecule has 0 atom stereocenters. The number of hydrogen-bond donors (Lipinski definition) is 0. The van der Waals surface area contributed by atoms with Crippen LogP contribution in [-0.2, 0) is 12.8 Å². The summed E-state index contributed by atoms with van der Waals surface area (Å²) in [6.45, 7) is 4.44. The van der Waals surface area contributed by atoms with Crippen LogP contribution >= 0.6 is 0 Å². The van der Waals surface area contributed by atoms with Crippen LogP contribution in [0.25, 0.3) is 0 Å². The van der Waals surface area contributed by atoms with Gasteiger partial charge in [0, 0.05) is 0 Å². The molecule has 3 rings (SSSR count). The van der Waals surface area contributed by atoms with E-state index < -0.39 is 0 Å². The van der Waals surface area contributed by atoms with E-state index in [0.29, 0.717) is 0 Å². The molecule has 0 fully saturated rings. The van der Waals surface area contributed by atoms with Gasteiger partial charge in [-0.3, -0.25) is 0 Å². The van der Waals surface area contributed by atoms with Gasteiger partial charge in [-0.1, -0.05) is 44.9 Å². The van der Waals surface area contributed by atoms with Gasteiger partial charge < -0.3 is 4.74 Å². The average molecular weight is 266 g/mol. The van der Waals surface area contributed by atoms with E-state index >= 15 is 0 Å². The number of para-hydroxylation sites is 2. The highest BCUT2D eigenvalue weighted by Gasteiger charge is 2.22. The summed E-state index contributed by atoms with van der Waals surface area (Å²) in [5.74, 6) is 1.75. The molecule has 103 valence electrons. The van der Waals surface area contributed by atoms with Crippen molar-refractivity contribution in [1.82, 2.24) is 5.32 Å². The van der Waals surface area contributed by atoms with Crippen LogP contribution in [0.5, 0.6) is 11.5 Å². The van der Waals surface area contributed by atoms with Crippen LogP contribution < -0.4 is 10.1 Å². The van der Waals surface area contributed by atoms with E-state index in [4.69, 9.17) is 10.1 Å². The van der Waals surface area contributed by atoms with Crippen molar-refractivity contribution in [3.63, 3.8) is 0 Å². The second kappa shape index (κ2) is 5.58. The molecule has 1 radical (unpaired) electrons. The molecule has 1 aliphatic heterocycles. The molecule has 0 N–H and O–H groups in total. The van der Waals surface area contributed by atoms with Gasteiger partial charge in [0.05, 0.1) is 0 Å². The van der Waals surface area contributed by atoms with Crippen molar-refractivity contribution in [2.45, 2.75) is 39.5 Å². The number of ether oxygens (including phenoxy) is 1. The van der Waals surface area contributed by atoms with Gasteiger partial charge in [-0.2, -0.15) is 0 Å². The fourth-order valence-electron chi connectivity index (χ4n) is 2.77. The van der Waals surface area contributed by atoms with Crippen molar-refractivity contribution in [2.75, 3.05) is 0 Å². The first kappa shape index (κ1) is 13.0. The molecular weight excluding hydrogens is 246 g/mol. The molecule has 0 unspecified atom stereocenters. The second-order valence-corrected chi connectivity index (χ2v) is 5.23. The molecular formula is C18H20NO. The van der Waals surface area contributed by atoms with Crippen molar-refractivity contribution in [2.24, 2.45) is 0 Å². The lowest BCUT2D eigenvalue weighted by molar-refractivity contribution is 0.470. The normalized spacial score (nSPS) is 12.1. The summed E-state index contributed by atoms with van der Waals surface area (Å²) >= 11 is 0. The highest BCUT2D eigenvalue weighted by molar-refractivity contribution is 5.71. The highest BCUT2D eigenvalue weighted by Crippen LogP contribution is 2.45. The molecule has 1 aliphatic rings. The van der Waals surface area contributed by atoms with E-state index in [0.717, 1.165) is 48.6 Å². The van der Waals surface area contributed by atoms with E-state index in [-0.39, 0.29) is 0 Å². The maximum absolute atomic E-state index is 6.00. The molecule has 0 saturated heterocycles. The maximum atomic E-state index is 6.00. The van der Waals surface area contributed by atoms with Gasteiger partial charge in [0.1, 0.15) is 11.4 Å². The quantitative estimate of drug-likeness (QED) is 0.631. The Labute approximate surface area is 120 Å². The largest absolute Gasteiger partial charge is 0.453 e. The third kappa shape index (κ3) is 2.26. The molecule has 20 heavy (non-hydrogen) atoms. The predicted molar refractivity (Wildman–Crippen MR) is 82.4 cm³/mol. The van der Waals surface area contributed by atoms with Crippen molar-refractivity contribution in [3.05, 3.63) is 47.5 Å². The van der Waals surface area contributed by atoms with E-state index in [1.165, 1.54) is 11.1 Å². The first-order valence-electron chi connectivity index (χ1n) is 7.46. The molecule has 0 saturated carbocycles. The first-order valence-corrected chi connectivity index (χ1v) is 7.46. The summed E-state index contributed by atoms with van der Waals surface area (Å²) in [6.07, 6.45) is 4.46. The number of fused-ring (bicyclic) bond motifs is 2. The lowest BCUT2D eigenvalue weighted by Gasteiger charge is -2.23. The van der Waals surface area contributed by atoms with Crippen LogP contribution in [0.1, 0.15) is 37.8 Å². The maximum Gasteiger partial charge on any atom is 0.153 e. The predicted octanol–water partition coefficient (Wildman–Crippen LogP) is 5.26. The molecule has 0 aliphatic carbocycles. The highest BCUT2D eigenvalue weighted by atomic mass is 16.5. The molecule has 0 aromatic heterocycles. The summed E-state index contributed by atoms with van der Waals surface area (Å²) in [7, 11) is 0. The standard InChI is InChI=1S/C18H20NO/c1-3-7-13-11-12-17-18(14(13)8-4-2)19-15-9-5-6-10-16(15)20-17/h5-6,9-12H,3-4,7-8H2,1-2H3. The zero-order chi connectivity index (χ0) is 13.9. The zero-order valence-corrected chi connectivity index (χ0v) is 12.1. The van der Waals surface area contributed by atoms with Crippen molar-refractivity contribution in [3.8, 4) is 11.5 Å². The van der Waals surface area contributed by atoms with E-state index in [1.807, 2.05) is 24.3 Å². The molecule has 0 bridgehead atoms. The molecule has 0 amide bonds. The Bertz CT molecular complexity index is 619. The number of hydrogen-bond acceptors (Lipinski definition) is 1. The topological polar surface area (TPSA) is 23.3 Å². The molecule has 2 aromatic carbocycles. The third-order valence-electron chi connectivity index (χ3n) is 3.68. The van der Waals surface area contributed by atoms with Crippen LogP contribution in [-0.4, -0.2) is 0 Å². The molecule has 0 spiro atoms. The Morgan fingerprint density at radius 3 is 2.50 bits per heavy atom. The van der Waals surface area contributed by atoms with Crippen molar-refractivity contribution < 1.29 is 4.74 Å². The lowest BCUT2D eigenvalue weighted by atomic mass is 9.96. The Morgan fingerprint density at radius 2 is 1.70 bits per heavy atom. The molecule has 1 heterocycles. The van der Waals surface area contributed by atoms with Gasteiger partial charge in [-0.15, -0.1) is 0 Å². The monoisotopic (exact) mass is 266 g/mol. The summed E-state index contributed by atoms with van der Waals surface area (Å²) in [5, 5.41) is 4.85. The summed E-state index contributed by atoms with van der Waals surface area (Å²) in [4.78, 5) is 0. The fourth-order valence-corrected chi connectivity index (χ4v) is 2.77. The van der Waals surface area contributed by atoms with E-state index in [2.05, 4.69) is 26.0 Å². The average Bonchev–Trinajstić information content (AvgIpc) is 2.48. The first-order chi connectivity index (χ1) is 9.83. The minimum absolute atomic E-state index is 0.852. The van der Waals surface area contributed by atoms with E-state index in [9.17, 15) is 0 Å². The van der Waals surface area contributed by atoms with Gasteiger partial charge in [0.15, 0.2) is 11.5 Å². The Hall–Kier alpha value is -1.96. The molecule has 2 heteroatoms. The Kier molecular flexibility index (Phi) is 3.64. The minimum Gasteiger partial charge on any atom is -0.453 e. The Morgan fingerprint density at radius 1 is 0.900 bits per heavy atom. The lowest BCUT2D eigenvalue weighted by Crippen LogP contribution is -2.07. The van der Waals surface area contributed by atoms with Crippen LogP contribution in [0, 0.1) is 0 Å². The summed E-state index contributed by atoms with van der Waals surface area (Å²) in [6, 6.07) is 12.3. The zero-order valence-electron chi connectivity index (χ0n) is 12.1. The van der Waals surface area contributed by atoms with Gasteiger partial charge >= 0.3 is 0 Å². The van der Waals surface area contributed by atoms with Gasteiger partial charge in [0.25, 0.3) is 0 Å². The molecule has 2 aromatic rings. The fraction of sp³-hybridized carbons (Fsp3) is 0.333. The molecule has 2 nitrogen and oxygen atoms in total. The number of rotatable bonds is 4. The smallest absolute Gasteiger partial charge is 0.153 e. The van der Waals surface area contributed by atoms with Crippen molar-refractivity contribution >= 4 is 11.4 Å². The second-order valence-electron chi connectivity index (χ2n) is 5.23. The van der Waals surface area contributed by atoms with Crippen LogP contribution in [0.3, 0.4) is 0 Å². The number of nitrogens with zero attached hydrogens (tertiary/aromatic N) is 1. The van der Waals surface area contributed by atoms with Crippen LogP contribution in [0.4, 0.5) is 11.4 Å². The summed E-state index contributed by atoms with van der Waals surface area (Å²) in [5.41, 5.74) is 4.75. The van der Waals surface area contributed by atoms with E-state index in [1.54, 1.807) is 0 Å². The summed E-state index contributed by atoms with van der Waals surface area (Å²) < 4.78 is 6.00. The minimum atomic E-state index is 0.852. The van der Waals surface area contributed by atoms with Crippen LogP contribution in [0.2, 0.25) is 0 Å². The number of benzene rings is 2. The van der Waals surface area contributed by atoms with Crippen molar-refractivity contribution in [1.29, 1.82) is 0 Å². The van der Waals surface area contributed by atoms with Gasteiger partial charge in [0.2, 0.25) is 0 Å². The van der Waals surface area contributed by atoms with Gasteiger partial charge in [-0.25, -0.2) is 5.32 Å². The third-order valence-corrected chi connectivity index (χ3v) is 3.68. The SMILES string of the molecule is CCCc1ccc2c(c1CCC)[N]c1ccccc1O2.